The second kappa shape index (κ2) is 5.71. The SMILES string of the molecule is Cn1nccc1C(O)CSc1cccc(Br)c1. The lowest BCUT2D eigenvalue weighted by Gasteiger charge is -2.10. The summed E-state index contributed by atoms with van der Waals surface area (Å²) in [5.41, 5.74) is 0.840. The highest BCUT2D eigenvalue weighted by Crippen LogP contribution is 2.26. The van der Waals surface area contributed by atoms with E-state index in [1.165, 1.54) is 0 Å². The molecule has 1 N–H and O–H groups in total. The second-order valence-corrected chi connectivity index (χ2v) is 5.67. The average molecular weight is 313 g/mol. The molecule has 17 heavy (non-hydrogen) atoms. The van der Waals surface area contributed by atoms with Crippen LogP contribution in [-0.2, 0) is 7.05 Å². The number of hydrogen-bond donors (Lipinski definition) is 1. The molecule has 0 fully saturated rings. The number of aliphatic hydroxyl groups excluding tert-OH is 1. The van der Waals surface area contributed by atoms with Gasteiger partial charge < -0.3 is 5.11 Å². The highest BCUT2D eigenvalue weighted by atomic mass is 79.9. The Morgan fingerprint density at radius 2 is 2.29 bits per heavy atom. The number of halogens is 1. The predicted octanol–water partition coefficient (Wildman–Crippen LogP) is 3.01. The van der Waals surface area contributed by atoms with Gasteiger partial charge in [-0.2, -0.15) is 5.10 Å². The van der Waals surface area contributed by atoms with Gasteiger partial charge in [0.25, 0.3) is 0 Å². The van der Waals surface area contributed by atoms with Crippen LogP contribution < -0.4 is 0 Å². The summed E-state index contributed by atoms with van der Waals surface area (Å²) in [6, 6.07) is 9.89. The molecule has 0 aliphatic rings. The van der Waals surface area contributed by atoms with Crippen LogP contribution in [0.4, 0.5) is 0 Å². The summed E-state index contributed by atoms with van der Waals surface area (Å²) in [5, 5.41) is 14.1. The van der Waals surface area contributed by atoms with Gasteiger partial charge in [-0.15, -0.1) is 11.8 Å². The standard InChI is InChI=1S/C12H13BrN2OS/c1-15-11(5-6-14-15)12(16)8-17-10-4-2-3-9(13)7-10/h2-7,12,16H,8H2,1H3. The lowest BCUT2D eigenvalue weighted by molar-refractivity contribution is 0.193. The van der Waals surface area contributed by atoms with Gasteiger partial charge in [0.1, 0.15) is 6.10 Å². The van der Waals surface area contributed by atoms with Crippen molar-refractivity contribution in [3.63, 3.8) is 0 Å². The molecule has 1 aromatic heterocycles. The number of nitrogens with zero attached hydrogens (tertiary/aromatic N) is 2. The fourth-order valence-electron chi connectivity index (χ4n) is 1.53. The van der Waals surface area contributed by atoms with E-state index < -0.39 is 6.10 Å². The summed E-state index contributed by atoms with van der Waals surface area (Å²) in [6.45, 7) is 0. The first-order valence-electron chi connectivity index (χ1n) is 5.21. The third-order valence-electron chi connectivity index (χ3n) is 2.40. The minimum atomic E-state index is -0.494. The molecule has 0 aliphatic carbocycles. The van der Waals surface area contributed by atoms with Crippen LogP contribution in [0.3, 0.4) is 0 Å². The molecule has 1 unspecified atom stereocenters. The van der Waals surface area contributed by atoms with E-state index in [4.69, 9.17) is 0 Å². The van der Waals surface area contributed by atoms with Crippen molar-refractivity contribution < 1.29 is 5.11 Å². The summed E-state index contributed by atoms with van der Waals surface area (Å²) in [4.78, 5) is 1.14. The maximum Gasteiger partial charge on any atom is 0.105 e. The van der Waals surface area contributed by atoms with Gasteiger partial charge in [-0.05, 0) is 24.3 Å². The van der Waals surface area contributed by atoms with Gasteiger partial charge in [-0.3, -0.25) is 4.68 Å². The van der Waals surface area contributed by atoms with Gasteiger partial charge in [0.2, 0.25) is 0 Å². The molecule has 1 aromatic carbocycles. The van der Waals surface area contributed by atoms with Crippen molar-refractivity contribution >= 4 is 27.7 Å². The van der Waals surface area contributed by atoms with Crippen LogP contribution in [0.2, 0.25) is 0 Å². The zero-order valence-electron chi connectivity index (χ0n) is 9.38. The number of aromatic nitrogens is 2. The van der Waals surface area contributed by atoms with Crippen molar-refractivity contribution in [3.05, 3.63) is 46.7 Å². The molecule has 0 saturated heterocycles. The first kappa shape index (κ1) is 12.7. The van der Waals surface area contributed by atoms with Crippen LogP contribution in [0.5, 0.6) is 0 Å². The minimum absolute atomic E-state index is 0.494. The van der Waals surface area contributed by atoms with Crippen molar-refractivity contribution in [2.45, 2.75) is 11.0 Å². The van der Waals surface area contributed by atoms with E-state index in [-0.39, 0.29) is 0 Å². The van der Waals surface area contributed by atoms with E-state index in [0.717, 1.165) is 15.1 Å². The molecule has 3 nitrogen and oxygen atoms in total. The van der Waals surface area contributed by atoms with Crippen molar-refractivity contribution in [2.24, 2.45) is 7.05 Å². The summed E-state index contributed by atoms with van der Waals surface area (Å²) in [5.74, 6) is 0.621. The van der Waals surface area contributed by atoms with E-state index in [2.05, 4.69) is 21.0 Å². The Hall–Kier alpha value is -0.780. The molecule has 0 spiro atoms. The molecule has 0 bridgehead atoms. The molecule has 0 aliphatic heterocycles. The molecule has 0 saturated carbocycles. The lowest BCUT2D eigenvalue weighted by atomic mass is 10.3. The molecule has 0 amide bonds. The molecule has 1 heterocycles. The maximum atomic E-state index is 10.0. The maximum absolute atomic E-state index is 10.0. The molecule has 0 radical (unpaired) electrons. The van der Waals surface area contributed by atoms with Gasteiger partial charge in [0, 0.05) is 28.4 Å². The second-order valence-electron chi connectivity index (χ2n) is 3.66. The predicted molar refractivity (Wildman–Crippen MR) is 73.0 cm³/mol. The van der Waals surface area contributed by atoms with Crippen LogP contribution in [0, 0.1) is 0 Å². The number of rotatable bonds is 4. The Balaban J connectivity index is 1.97. The normalized spacial score (nSPS) is 12.6. The molecule has 5 heteroatoms. The zero-order chi connectivity index (χ0) is 12.3. The van der Waals surface area contributed by atoms with Crippen LogP contribution in [0.1, 0.15) is 11.8 Å². The van der Waals surface area contributed by atoms with E-state index in [1.807, 2.05) is 37.4 Å². The Bertz CT molecular complexity index is 501. The van der Waals surface area contributed by atoms with Crippen molar-refractivity contribution in [1.29, 1.82) is 0 Å². The van der Waals surface area contributed by atoms with E-state index >= 15 is 0 Å². The van der Waals surface area contributed by atoms with Gasteiger partial charge in [-0.1, -0.05) is 22.0 Å². The molecule has 2 rings (SSSR count). The first-order chi connectivity index (χ1) is 8.16. The monoisotopic (exact) mass is 312 g/mol. The fraction of sp³-hybridized carbons (Fsp3) is 0.250. The molecule has 90 valence electrons. The number of hydrogen-bond acceptors (Lipinski definition) is 3. The Kier molecular flexibility index (Phi) is 4.25. The number of aliphatic hydroxyl groups is 1. The lowest BCUT2D eigenvalue weighted by Crippen LogP contribution is -2.07. The van der Waals surface area contributed by atoms with Crippen molar-refractivity contribution in [3.8, 4) is 0 Å². The largest absolute Gasteiger partial charge is 0.386 e. The summed E-state index contributed by atoms with van der Waals surface area (Å²) in [7, 11) is 1.84. The van der Waals surface area contributed by atoms with Gasteiger partial charge >= 0.3 is 0 Å². The summed E-state index contributed by atoms with van der Waals surface area (Å²) < 4.78 is 2.75. The fourth-order valence-corrected chi connectivity index (χ4v) is 2.99. The van der Waals surface area contributed by atoms with Crippen molar-refractivity contribution in [2.75, 3.05) is 5.75 Å². The van der Waals surface area contributed by atoms with Gasteiger partial charge in [0.05, 0.1) is 5.69 Å². The summed E-state index contributed by atoms with van der Waals surface area (Å²) in [6.07, 6.45) is 1.20. The van der Waals surface area contributed by atoms with E-state index in [1.54, 1.807) is 22.6 Å². The Morgan fingerprint density at radius 3 is 2.94 bits per heavy atom. The Morgan fingerprint density at radius 1 is 1.47 bits per heavy atom. The molecular weight excluding hydrogens is 300 g/mol. The number of aryl methyl sites for hydroxylation is 1. The number of benzene rings is 1. The van der Waals surface area contributed by atoms with E-state index in [9.17, 15) is 5.11 Å². The molecular formula is C12H13BrN2OS. The minimum Gasteiger partial charge on any atom is -0.386 e. The first-order valence-corrected chi connectivity index (χ1v) is 6.99. The average Bonchev–Trinajstić information content (AvgIpc) is 2.72. The zero-order valence-corrected chi connectivity index (χ0v) is 11.8. The smallest absolute Gasteiger partial charge is 0.105 e. The third-order valence-corrected chi connectivity index (χ3v) is 3.97. The van der Waals surface area contributed by atoms with Crippen LogP contribution in [0.15, 0.2) is 45.9 Å². The van der Waals surface area contributed by atoms with E-state index in [0.29, 0.717) is 5.75 Å². The highest BCUT2D eigenvalue weighted by molar-refractivity contribution is 9.10. The third kappa shape index (κ3) is 3.34. The highest BCUT2D eigenvalue weighted by Gasteiger charge is 2.11. The van der Waals surface area contributed by atoms with Crippen LogP contribution in [-0.4, -0.2) is 20.6 Å². The van der Waals surface area contributed by atoms with Crippen molar-refractivity contribution in [1.82, 2.24) is 9.78 Å². The van der Waals surface area contributed by atoms with Gasteiger partial charge in [-0.25, -0.2) is 0 Å². The quantitative estimate of drug-likeness (QED) is 0.882. The molecule has 2 aromatic rings. The summed E-state index contributed by atoms with van der Waals surface area (Å²) >= 11 is 5.06. The van der Waals surface area contributed by atoms with Crippen LogP contribution in [0.25, 0.3) is 0 Å². The molecule has 1 atom stereocenters. The number of thioether (sulfide) groups is 1. The Labute approximate surface area is 113 Å². The van der Waals surface area contributed by atoms with Gasteiger partial charge in [0.15, 0.2) is 0 Å². The topological polar surface area (TPSA) is 38.0 Å². The van der Waals surface area contributed by atoms with Crippen LogP contribution >= 0.6 is 27.7 Å².